The van der Waals surface area contributed by atoms with Crippen LogP contribution in [0.4, 0.5) is 0 Å². The number of aryl methyl sites for hydroxylation is 1. The van der Waals surface area contributed by atoms with Gasteiger partial charge in [0, 0.05) is 17.2 Å². The number of carbonyl (C=O) groups excluding carboxylic acids is 1. The van der Waals surface area contributed by atoms with E-state index in [1.807, 2.05) is 73.8 Å². The maximum atomic E-state index is 12.2. The van der Waals surface area contributed by atoms with Crippen LogP contribution in [0.3, 0.4) is 0 Å². The summed E-state index contributed by atoms with van der Waals surface area (Å²) in [7, 11) is 0. The van der Waals surface area contributed by atoms with Crippen LogP contribution >= 0.6 is 0 Å². The molecule has 0 saturated heterocycles. The van der Waals surface area contributed by atoms with E-state index in [9.17, 15) is 4.79 Å². The Balaban J connectivity index is 0.00000192. The van der Waals surface area contributed by atoms with Crippen LogP contribution in [0.25, 0.3) is 11.3 Å². The zero-order valence-corrected chi connectivity index (χ0v) is 14.4. The van der Waals surface area contributed by atoms with Crippen LogP contribution in [-0.4, -0.2) is 10.8 Å². The molecule has 0 spiro atoms. The fourth-order valence-electron chi connectivity index (χ4n) is 2.25. The summed E-state index contributed by atoms with van der Waals surface area (Å²) in [5.41, 5.74) is 3.85. The van der Waals surface area contributed by atoms with Crippen LogP contribution in [-0.2, 0) is 6.54 Å². The van der Waals surface area contributed by atoms with E-state index in [2.05, 4.69) is 4.98 Å². The molecular weight excluding hydrogens is 352 g/mol. The summed E-state index contributed by atoms with van der Waals surface area (Å²) in [6, 6.07) is 19.5. The van der Waals surface area contributed by atoms with Crippen molar-refractivity contribution in [1.82, 2.24) is 4.98 Å². The van der Waals surface area contributed by atoms with Gasteiger partial charge in [0.25, 0.3) is 6.33 Å². The summed E-state index contributed by atoms with van der Waals surface area (Å²) < 4.78 is 1.80. The van der Waals surface area contributed by atoms with Gasteiger partial charge in [-0.2, -0.15) is 0 Å². The second-order valence-corrected chi connectivity index (χ2v) is 5.27. The predicted octanol–water partition coefficient (Wildman–Crippen LogP) is 0.231. The van der Waals surface area contributed by atoms with Crippen molar-refractivity contribution in [3.63, 3.8) is 0 Å². The van der Waals surface area contributed by atoms with Gasteiger partial charge in [0.15, 0.2) is 12.2 Å². The van der Waals surface area contributed by atoms with Gasteiger partial charge in [-0.25, -0.2) is 4.57 Å². The molecule has 3 rings (SSSR count). The van der Waals surface area contributed by atoms with Crippen molar-refractivity contribution in [3.8, 4) is 11.3 Å². The highest BCUT2D eigenvalue weighted by atomic mass is 79.9. The fraction of sp³-hybridized carbons (Fsp3) is 0.105. The number of Topliss-reactive ketones (excluding diaryl/α,β-unsaturated/α-hetero) is 1. The third-order valence-electron chi connectivity index (χ3n) is 3.54. The van der Waals surface area contributed by atoms with Gasteiger partial charge in [-0.3, -0.25) is 4.79 Å². The highest BCUT2D eigenvalue weighted by Gasteiger charge is 2.11. The molecule has 3 aromatic rings. The minimum atomic E-state index is 0. The Morgan fingerprint density at radius 3 is 2.30 bits per heavy atom. The molecule has 0 aliphatic heterocycles. The van der Waals surface area contributed by atoms with Gasteiger partial charge in [-0.15, -0.1) is 0 Å². The molecule has 0 fully saturated rings. The predicted molar refractivity (Wildman–Crippen MR) is 85.4 cm³/mol. The van der Waals surface area contributed by atoms with E-state index < -0.39 is 0 Å². The maximum absolute atomic E-state index is 12.2. The van der Waals surface area contributed by atoms with Crippen LogP contribution in [0.5, 0.6) is 0 Å². The Hall–Kier alpha value is -2.33. The Kier molecular flexibility index (Phi) is 5.77. The van der Waals surface area contributed by atoms with E-state index in [-0.39, 0.29) is 22.8 Å². The van der Waals surface area contributed by atoms with E-state index in [0.717, 1.165) is 22.4 Å². The van der Waals surface area contributed by atoms with Crippen LogP contribution in [0, 0.1) is 6.92 Å². The van der Waals surface area contributed by atoms with Crippen LogP contribution in [0.2, 0.25) is 0 Å². The lowest BCUT2D eigenvalue weighted by atomic mass is 10.1. The number of hydrogen-bond acceptors (Lipinski definition) is 2. The molecule has 0 bridgehead atoms. The zero-order valence-electron chi connectivity index (χ0n) is 12.8. The first-order chi connectivity index (χ1) is 10.7. The van der Waals surface area contributed by atoms with Crippen molar-refractivity contribution >= 4 is 5.78 Å². The number of hydrogen-bond donors (Lipinski definition) is 0. The van der Waals surface area contributed by atoms with E-state index in [1.165, 1.54) is 0 Å². The number of benzene rings is 2. The third kappa shape index (κ3) is 4.33. The molecule has 3 nitrogen and oxygen atoms in total. The second kappa shape index (κ2) is 7.79. The van der Waals surface area contributed by atoms with Crippen LogP contribution in [0.1, 0.15) is 15.9 Å². The SMILES string of the molecule is Cc1ccc(C(=O)C[n+]2ccc(-c3ccccc3)nc2)cc1.[Br-]. The van der Waals surface area contributed by atoms with Gasteiger partial charge in [0.05, 0.1) is 6.20 Å². The highest BCUT2D eigenvalue weighted by molar-refractivity contribution is 5.95. The molecule has 0 amide bonds. The molecule has 0 aliphatic rings. The molecule has 1 aromatic heterocycles. The monoisotopic (exact) mass is 368 g/mol. The van der Waals surface area contributed by atoms with Crippen LogP contribution in [0.15, 0.2) is 73.2 Å². The number of halogens is 1. The Bertz CT molecular complexity index is 769. The van der Waals surface area contributed by atoms with Gasteiger partial charge in [0.2, 0.25) is 5.78 Å². The molecule has 0 atom stereocenters. The first kappa shape index (κ1) is 17.0. The van der Waals surface area contributed by atoms with E-state index in [1.54, 1.807) is 10.9 Å². The van der Waals surface area contributed by atoms with Crippen molar-refractivity contribution in [1.29, 1.82) is 0 Å². The standard InChI is InChI=1S/C19H17N2O.BrH/c1-15-7-9-17(10-8-15)19(22)13-21-12-11-18(20-14-21)16-5-3-2-4-6-16;/h2-12,14H,13H2,1H3;1H/q+1;/p-1. The molecular formula is C19H17BrN2O. The average Bonchev–Trinajstić information content (AvgIpc) is 2.57. The summed E-state index contributed by atoms with van der Waals surface area (Å²) in [5.74, 6) is 0.0826. The number of aromatic nitrogens is 2. The lowest BCUT2D eigenvalue weighted by Gasteiger charge is -2.01. The molecule has 2 aromatic carbocycles. The third-order valence-corrected chi connectivity index (χ3v) is 3.54. The Morgan fingerprint density at radius 2 is 1.70 bits per heavy atom. The van der Waals surface area contributed by atoms with E-state index in [0.29, 0.717) is 6.54 Å². The first-order valence-corrected chi connectivity index (χ1v) is 7.23. The summed E-state index contributed by atoms with van der Waals surface area (Å²) in [4.78, 5) is 16.7. The van der Waals surface area contributed by atoms with Gasteiger partial charge >= 0.3 is 0 Å². The normalized spacial score (nSPS) is 9.96. The minimum absolute atomic E-state index is 0. The van der Waals surface area contributed by atoms with E-state index >= 15 is 0 Å². The first-order valence-electron chi connectivity index (χ1n) is 7.23. The topological polar surface area (TPSA) is 33.8 Å². The number of ketones is 1. The van der Waals surface area contributed by atoms with Crippen molar-refractivity contribution < 1.29 is 26.3 Å². The molecule has 23 heavy (non-hydrogen) atoms. The highest BCUT2D eigenvalue weighted by Crippen LogP contribution is 2.13. The van der Waals surface area contributed by atoms with Gasteiger partial charge < -0.3 is 17.0 Å². The van der Waals surface area contributed by atoms with Gasteiger partial charge in [-0.05, 0) is 11.9 Å². The molecule has 0 aliphatic carbocycles. The molecule has 4 heteroatoms. The summed E-state index contributed by atoms with van der Waals surface area (Å²) in [6.07, 6.45) is 3.59. The molecule has 1 heterocycles. The maximum Gasteiger partial charge on any atom is 0.287 e. The smallest absolute Gasteiger partial charge is 0.287 e. The summed E-state index contributed by atoms with van der Waals surface area (Å²) in [5, 5.41) is 0. The van der Waals surface area contributed by atoms with Crippen molar-refractivity contribution in [3.05, 3.63) is 84.3 Å². The lowest BCUT2D eigenvalue weighted by Crippen LogP contribution is -3.00. The molecule has 0 saturated carbocycles. The largest absolute Gasteiger partial charge is 1.00 e. The summed E-state index contributed by atoms with van der Waals surface area (Å²) in [6.45, 7) is 2.31. The van der Waals surface area contributed by atoms with Crippen LogP contribution < -0.4 is 21.5 Å². The summed E-state index contributed by atoms with van der Waals surface area (Å²) >= 11 is 0. The molecule has 116 valence electrons. The number of carbonyl (C=O) groups is 1. The van der Waals surface area contributed by atoms with Crippen molar-refractivity contribution in [2.24, 2.45) is 0 Å². The van der Waals surface area contributed by atoms with Gasteiger partial charge in [0.1, 0.15) is 0 Å². The molecule has 0 N–H and O–H groups in total. The van der Waals surface area contributed by atoms with Crippen molar-refractivity contribution in [2.75, 3.05) is 0 Å². The number of nitrogens with zero attached hydrogens (tertiary/aromatic N) is 2. The number of rotatable bonds is 4. The van der Waals surface area contributed by atoms with Crippen molar-refractivity contribution in [2.45, 2.75) is 13.5 Å². The zero-order chi connectivity index (χ0) is 15.4. The van der Waals surface area contributed by atoms with Gasteiger partial charge in [-0.1, -0.05) is 60.2 Å². The quantitative estimate of drug-likeness (QED) is 0.488. The minimum Gasteiger partial charge on any atom is -1.00 e. The lowest BCUT2D eigenvalue weighted by molar-refractivity contribution is -0.686. The van der Waals surface area contributed by atoms with E-state index in [4.69, 9.17) is 0 Å². The second-order valence-electron chi connectivity index (χ2n) is 5.27. The average molecular weight is 369 g/mol. The molecule has 0 unspecified atom stereocenters. The Morgan fingerprint density at radius 1 is 1.00 bits per heavy atom. The molecule has 0 radical (unpaired) electrons. The fourth-order valence-corrected chi connectivity index (χ4v) is 2.25. The Labute approximate surface area is 146 Å².